The highest BCUT2D eigenvalue weighted by Crippen LogP contribution is 2.21. The molecule has 0 radical (unpaired) electrons. The van der Waals surface area contributed by atoms with E-state index >= 15 is 0 Å². The Labute approximate surface area is 75.8 Å². The molecule has 0 amide bonds. The minimum absolute atomic E-state index is 0.602. The third-order valence-corrected chi connectivity index (χ3v) is 1.71. The summed E-state index contributed by atoms with van der Waals surface area (Å²) in [7, 11) is 0. The van der Waals surface area contributed by atoms with Crippen molar-refractivity contribution in [2.24, 2.45) is 4.99 Å². The van der Waals surface area contributed by atoms with E-state index in [-0.39, 0.29) is 0 Å². The normalized spacial score (nSPS) is 9.85. The van der Waals surface area contributed by atoms with Crippen molar-refractivity contribution in [1.82, 2.24) is 4.98 Å². The molecule has 2 rings (SSSR count). The number of oxazole rings is 1. The summed E-state index contributed by atoms with van der Waals surface area (Å²) in [4.78, 5) is 7.85. The number of benzene rings is 1. The van der Waals surface area contributed by atoms with Crippen molar-refractivity contribution in [3.63, 3.8) is 0 Å². The Morgan fingerprint density at radius 3 is 3.00 bits per heavy atom. The summed E-state index contributed by atoms with van der Waals surface area (Å²) in [6.45, 7) is 3.45. The molecule has 13 heavy (non-hydrogen) atoms. The first kappa shape index (κ1) is 7.73. The smallest absolute Gasteiger partial charge is 0.225 e. The Morgan fingerprint density at radius 2 is 2.31 bits per heavy atom. The van der Waals surface area contributed by atoms with Crippen LogP contribution in [0.4, 0.5) is 5.69 Å². The third-order valence-electron chi connectivity index (χ3n) is 1.71. The molecule has 0 saturated heterocycles. The van der Waals surface area contributed by atoms with Crippen LogP contribution in [0.15, 0.2) is 46.1 Å². The molecule has 64 valence electrons. The molecule has 1 heterocycles. The topological polar surface area (TPSA) is 38.4 Å². The molecule has 0 saturated carbocycles. The molecule has 0 unspecified atom stereocenters. The number of rotatable bonds is 2. The van der Waals surface area contributed by atoms with Crippen LogP contribution >= 0.6 is 0 Å². The quantitative estimate of drug-likeness (QED) is 0.653. The lowest BCUT2D eigenvalue weighted by Gasteiger charge is -1.95. The van der Waals surface area contributed by atoms with Crippen LogP contribution in [-0.4, -0.2) is 11.7 Å². The second kappa shape index (κ2) is 3.23. The van der Waals surface area contributed by atoms with Crippen molar-refractivity contribution in [1.29, 1.82) is 0 Å². The first-order valence-corrected chi connectivity index (χ1v) is 3.87. The lowest BCUT2D eigenvalue weighted by molar-refractivity contribution is 0.574. The van der Waals surface area contributed by atoms with Gasteiger partial charge in [0.15, 0.2) is 0 Å². The molecule has 0 atom stereocenters. The van der Waals surface area contributed by atoms with Gasteiger partial charge in [-0.25, -0.2) is 4.98 Å². The maximum atomic E-state index is 5.15. The van der Waals surface area contributed by atoms with Crippen molar-refractivity contribution in [2.75, 3.05) is 0 Å². The van der Waals surface area contributed by atoms with Crippen LogP contribution in [0.25, 0.3) is 11.5 Å². The van der Waals surface area contributed by atoms with E-state index in [2.05, 4.69) is 16.7 Å². The Hall–Kier alpha value is -1.90. The second-order valence-electron chi connectivity index (χ2n) is 2.55. The fourth-order valence-corrected chi connectivity index (χ4v) is 1.10. The molecule has 0 fully saturated rings. The third kappa shape index (κ3) is 1.49. The van der Waals surface area contributed by atoms with Gasteiger partial charge in [-0.05, 0) is 24.9 Å². The van der Waals surface area contributed by atoms with E-state index in [1.165, 1.54) is 0 Å². The SMILES string of the molecule is C=Nc1cccc(-c2ncco2)c1. The predicted molar refractivity (Wildman–Crippen MR) is 51.1 cm³/mol. The zero-order valence-electron chi connectivity index (χ0n) is 6.97. The van der Waals surface area contributed by atoms with E-state index in [1.807, 2.05) is 24.3 Å². The molecule has 3 nitrogen and oxygen atoms in total. The summed E-state index contributed by atoms with van der Waals surface area (Å²) in [5.41, 5.74) is 1.73. The highest BCUT2D eigenvalue weighted by atomic mass is 16.3. The van der Waals surface area contributed by atoms with Gasteiger partial charge in [0.25, 0.3) is 0 Å². The summed E-state index contributed by atoms with van der Waals surface area (Å²) < 4.78 is 5.15. The van der Waals surface area contributed by atoms with Crippen LogP contribution in [0.1, 0.15) is 0 Å². The van der Waals surface area contributed by atoms with Crippen molar-refractivity contribution in [2.45, 2.75) is 0 Å². The van der Waals surface area contributed by atoms with E-state index < -0.39 is 0 Å². The maximum Gasteiger partial charge on any atom is 0.225 e. The van der Waals surface area contributed by atoms with Gasteiger partial charge < -0.3 is 4.42 Å². The van der Waals surface area contributed by atoms with Crippen molar-refractivity contribution < 1.29 is 4.42 Å². The highest BCUT2D eigenvalue weighted by Gasteiger charge is 2.01. The van der Waals surface area contributed by atoms with E-state index in [1.54, 1.807) is 12.5 Å². The van der Waals surface area contributed by atoms with Crippen LogP contribution < -0.4 is 0 Å². The molecule has 0 bridgehead atoms. The molecule has 1 aromatic heterocycles. The fraction of sp³-hybridized carbons (Fsp3) is 0. The summed E-state index contributed by atoms with van der Waals surface area (Å²) in [6, 6.07) is 7.56. The number of aromatic nitrogens is 1. The van der Waals surface area contributed by atoms with Crippen LogP contribution in [0.3, 0.4) is 0 Å². The van der Waals surface area contributed by atoms with E-state index in [0.717, 1.165) is 11.3 Å². The summed E-state index contributed by atoms with van der Waals surface area (Å²) in [6.07, 6.45) is 3.16. The Morgan fingerprint density at radius 1 is 1.38 bits per heavy atom. The number of aliphatic imine (C=N–C) groups is 1. The molecule has 1 aromatic carbocycles. The van der Waals surface area contributed by atoms with E-state index in [9.17, 15) is 0 Å². The van der Waals surface area contributed by atoms with Gasteiger partial charge in [0, 0.05) is 5.56 Å². The van der Waals surface area contributed by atoms with Crippen molar-refractivity contribution in [3.05, 3.63) is 36.7 Å². The Balaban J connectivity index is 2.47. The zero-order chi connectivity index (χ0) is 9.10. The lowest BCUT2D eigenvalue weighted by Crippen LogP contribution is -1.75. The van der Waals surface area contributed by atoms with Crippen molar-refractivity contribution >= 4 is 12.4 Å². The first-order valence-electron chi connectivity index (χ1n) is 3.87. The molecule has 3 heteroatoms. The number of hydrogen-bond acceptors (Lipinski definition) is 3. The molecular weight excluding hydrogens is 164 g/mol. The summed E-state index contributed by atoms with van der Waals surface area (Å²) >= 11 is 0. The molecular formula is C10H8N2O. The average molecular weight is 172 g/mol. The fourth-order valence-electron chi connectivity index (χ4n) is 1.10. The summed E-state index contributed by atoms with van der Waals surface area (Å²) in [5, 5.41) is 0. The van der Waals surface area contributed by atoms with Crippen molar-refractivity contribution in [3.8, 4) is 11.5 Å². The minimum Gasteiger partial charge on any atom is -0.445 e. The molecule has 0 N–H and O–H groups in total. The van der Waals surface area contributed by atoms with Crippen LogP contribution in [0, 0.1) is 0 Å². The molecule has 0 aliphatic heterocycles. The molecule has 0 aliphatic rings. The molecule has 0 aliphatic carbocycles. The number of nitrogens with zero attached hydrogens (tertiary/aromatic N) is 2. The monoisotopic (exact) mass is 172 g/mol. The van der Waals surface area contributed by atoms with Crippen LogP contribution in [0.5, 0.6) is 0 Å². The van der Waals surface area contributed by atoms with E-state index in [0.29, 0.717) is 5.89 Å². The van der Waals surface area contributed by atoms with E-state index in [4.69, 9.17) is 4.42 Å². The highest BCUT2D eigenvalue weighted by molar-refractivity contribution is 5.60. The first-order chi connectivity index (χ1) is 6.40. The summed E-state index contributed by atoms with van der Waals surface area (Å²) in [5.74, 6) is 0.602. The largest absolute Gasteiger partial charge is 0.445 e. The second-order valence-corrected chi connectivity index (χ2v) is 2.55. The van der Waals surface area contributed by atoms with Gasteiger partial charge in [-0.15, -0.1) is 0 Å². The van der Waals surface area contributed by atoms with Crippen LogP contribution in [0.2, 0.25) is 0 Å². The van der Waals surface area contributed by atoms with Gasteiger partial charge in [-0.3, -0.25) is 4.99 Å². The zero-order valence-corrected chi connectivity index (χ0v) is 6.97. The Bertz CT molecular complexity index is 407. The molecule has 0 spiro atoms. The predicted octanol–water partition coefficient (Wildman–Crippen LogP) is 2.67. The maximum absolute atomic E-state index is 5.15. The standard InChI is InChI=1S/C10H8N2O/c1-11-9-4-2-3-8(7-9)10-12-5-6-13-10/h2-7H,1H2. The number of hydrogen-bond donors (Lipinski definition) is 0. The van der Waals surface area contributed by atoms with Gasteiger partial charge in [-0.2, -0.15) is 0 Å². The Kier molecular flexibility index (Phi) is 1.92. The van der Waals surface area contributed by atoms with Gasteiger partial charge >= 0.3 is 0 Å². The minimum atomic E-state index is 0.602. The average Bonchev–Trinajstić information content (AvgIpc) is 2.71. The molecule has 2 aromatic rings. The van der Waals surface area contributed by atoms with Crippen LogP contribution in [-0.2, 0) is 0 Å². The lowest BCUT2D eigenvalue weighted by atomic mass is 10.2. The van der Waals surface area contributed by atoms with Gasteiger partial charge in [0.2, 0.25) is 5.89 Å². The van der Waals surface area contributed by atoms with Gasteiger partial charge in [-0.1, -0.05) is 6.07 Å². The van der Waals surface area contributed by atoms with Gasteiger partial charge in [0.05, 0.1) is 11.9 Å². The van der Waals surface area contributed by atoms with Gasteiger partial charge in [0.1, 0.15) is 6.26 Å².